The van der Waals surface area contributed by atoms with Crippen molar-refractivity contribution in [3.8, 4) is 0 Å². The predicted octanol–water partition coefficient (Wildman–Crippen LogP) is 4.16. The summed E-state index contributed by atoms with van der Waals surface area (Å²) in [6.45, 7) is 8.26. The minimum absolute atomic E-state index is 0.0265. The van der Waals surface area contributed by atoms with Crippen LogP contribution in [0.4, 0.5) is 0 Å². The first-order chi connectivity index (χ1) is 8.33. The zero-order valence-corrected chi connectivity index (χ0v) is 12.2. The van der Waals surface area contributed by atoms with E-state index in [-0.39, 0.29) is 10.8 Å². The molecule has 102 valence electrons. The van der Waals surface area contributed by atoms with Crippen LogP contribution in [0, 0.1) is 10.8 Å². The molecule has 0 aromatic carbocycles. The molecule has 0 aliphatic heterocycles. The van der Waals surface area contributed by atoms with Gasteiger partial charge in [-0.15, -0.1) is 0 Å². The topological polar surface area (TPSA) is 34.1 Å². The second-order valence-corrected chi connectivity index (χ2v) is 6.42. The minimum Gasteiger partial charge on any atom is -0.234 e. The molecule has 2 heteroatoms. The Kier molecular flexibility index (Phi) is 7.59. The van der Waals surface area contributed by atoms with Gasteiger partial charge in [-0.3, -0.25) is 0 Å². The number of hydrogen-bond acceptors (Lipinski definition) is 2. The lowest BCUT2D eigenvalue weighted by Gasteiger charge is -2.19. The highest BCUT2D eigenvalue weighted by atomic mass is 16.1. The normalized spacial score (nSPS) is 11.6. The smallest absolute Gasteiger partial charge is 0.120 e. The average molecular weight is 250 g/mol. The number of allylic oxidation sites excluding steroid dienone is 2. The van der Waals surface area contributed by atoms with Crippen LogP contribution in [0.15, 0.2) is 12.2 Å². The van der Waals surface area contributed by atoms with E-state index >= 15 is 0 Å². The van der Waals surface area contributed by atoms with Crippen LogP contribution in [0.25, 0.3) is 0 Å². The highest BCUT2D eigenvalue weighted by Gasteiger charge is 2.15. The van der Waals surface area contributed by atoms with Gasteiger partial charge in [-0.05, 0) is 23.7 Å². The van der Waals surface area contributed by atoms with Crippen molar-refractivity contribution in [2.24, 2.45) is 10.8 Å². The molecule has 0 aromatic heterocycles. The number of rotatable bonds is 9. The van der Waals surface area contributed by atoms with Gasteiger partial charge in [-0.1, -0.05) is 53.4 Å². The third-order valence-electron chi connectivity index (χ3n) is 3.29. The summed E-state index contributed by atoms with van der Waals surface area (Å²) in [5.41, 5.74) is -0.0530. The lowest BCUT2D eigenvalue weighted by molar-refractivity contribution is 0.385. The molecule has 0 atom stereocenters. The Bertz CT molecular complexity index is 293. The molecule has 0 unspecified atom stereocenters. The van der Waals surface area contributed by atoms with Crippen LogP contribution in [0.3, 0.4) is 0 Å². The molecule has 0 fully saturated rings. The lowest BCUT2D eigenvalue weighted by atomic mass is 9.85. The van der Waals surface area contributed by atoms with Gasteiger partial charge in [0.05, 0.1) is 0 Å². The van der Waals surface area contributed by atoms with Crippen LogP contribution in [0.2, 0.25) is 0 Å². The Morgan fingerprint density at radius 2 is 1.06 bits per heavy atom. The molecular formula is C16H26O2. The molecule has 0 saturated carbocycles. The summed E-state index contributed by atoms with van der Waals surface area (Å²) in [5, 5.41) is 0. The Hall–Kier alpha value is -1.10. The lowest BCUT2D eigenvalue weighted by Crippen LogP contribution is -2.08. The van der Waals surface area contributed by atoms with Crippen LogP contribution < -0.4 is 0 Å². The number of unbranched alkanes of at least 4 members (excludes halogenated alkanes) is 3. The van der Waals surface area contributed by atoms with E-state index in [1.54, 1.807) is 12.2 Å². The van der Waals surface area contributed by atoms with Gasteiger partial charge in [-0.2, -0.15) is 0 Å². The Morgan fingerprint density at radius 1 is 0.722 bits per heavy atom. The van der Waals surface area contributed by atoms with Crippen LogP contribution in [0.5, 0.6) is 0 Å². The zero-order valence-electron chi connectivity index (χ0n) is 12.2. The third-order valence-corrected chi connectivity index (χ3v) is 3.29. The van der Waals surface area contributed by atoms with Crippen molar-refractivity contribution in [2.75, 3.05) is 0 Å². The van der Waals surface area contributed by atoms with E-state index < -0.39 is 0 Å². The monoisotopic (exact) mass is 250 g/mol. The summed E-state index contributed by atoms with van der Waals surface area (Å²) in [6, 6.07) is 0. The van der Waals surface area contributed by atoms with Gasteiger partial charge in [-0.25, -0.2) is 9.59 Å². The predicted molar refractivity (Wildman–Crippen MR) is 75.8 cm³/mol. The highest BCUT2D eigenvalue weighted by Crippen LogP contribution is 2.27. The van der Waals surface area contributed by atoms with Gasteiger partial charge in [0, 0.05) is 12.2 Å². The van der Waals surface area contributed by atoms with E-state index in [0.717, 1.165) is 25.7 Å². The maximum atomic E-state index is 10.3. The fourth-order valence-electron chi connectivity index (χ4n) is 1.98. The van der Waals surface area contributed by atoms with Gasteiger partial charge in [0.1, 0.15) is 11.9 Å². The van der Waals surface area contributed by atoms with Crippen molar-refractivity contribution in [1.29, 1.82) is 0 Å². The first-order valence-electron chi connectivity index (χ1n) is 6.77. The molecule has 0 aliphatic carbocycles. The standard InChI is InChI=1S/C16H26O2/c1-15(2,11-13-17)9-7-5-6-8-10-16(3,4)12-14-18/h11-12H,5-10H2,1-4H3. The minimum atomic E-state index is -0.0265. The fraction of sp³-hybridized carbons (Fsp3) is 0.750. The Morgan fingerprint density at radius 3 is 1.33 bits per heavy atom. The fourth-order valence-corrected chi connectivity index (χ4v) is 1.98. The summed E-state index contributed by atoms with van der Waals surface area (Å²) in [7, 11) is 0. The maximum absolute atomic E-state index is 10.3. The van der Waals surface area contributed by atoms with Crippen molar-refractivity contribution in [1.82, 2.24) is 0 Å². The van der Waals surface area contributed by atoms with E-state index in [2.05, 4.69) is 27.7 Å². The molecule has 0 aromatic rings. The molecule has 0 amide bonds. The van der Waals surface area contributed by atoms with Crippen molar-refractivity contribution in [3.05, 3.63) is 12.2 Å². The molecule has 0 saturated heterocycles. The van der Waals surface area contributed by atoms with Crippen molar-refractivity contribution in [2.45, 2.75) is 66.2 Å². The molecule has 0 spiro atoms. The van der Waals surface area contributed by atoms with E-state index in [4.69, 9.17) is 0 Å². The van der Waals surface area contributed by atoms with E-state index in [1.807, 2.05) is 11.9 Å². The highest BCUT2D eigenvalue weighted by molar-refractivity contribution is 5.47. The van der Waals surface area contributed by atoms with Crippen molar-refractivity contribution < 1.29 is 9.59 Å². The first kappa shape index (κ1) is 16.9. The van der Waals surface area contributed by atoms with Crippen molar-refractivity contribution in [3.63, 3.8) is 0 Å². The molecular weight excluding hydrogens is 224 g/mol. The zero-order chi connectivity index (χ0) is 14.1. The van der Waals surface area contributed by atoms with Crippen LogP contribution in [-0.2, 0) is 9.59 Å². The van der Waals surface area contributed by atoms with Crippen LogP contribution >= 0.6 is 0 Å². The van der Waals surface area contributed by atoms with Gasteiger partial charge in [0.15, 0.2) is 0 Å². The first-order valence-corrected chi connectivity index (χ1v) is 6.77. The van der Waals surface area contributed by atoms with Crippen LogP contribution in [0.1, 0.15) is 66.2 Å². The summed E-state index contributed by atoms with van der Waals surface area (Å²) < 4.78 is 0. The molecule has 0 radical (unpaired) electrons. The quantitative estimate of drug-likeness (QED) is 0.455. The Labute approximate surface area is 111 Å². The molecule has 2 nitrogen and oxygen atoms in total. The van der Waals surface area contributed by atoms with Gasteiger partial charge in [0.25, 0.3) is 0 Å². The van der Waals surface area contributed by atoms with Crippen molar-refractivity contribution >= 4 is 11.9 Å². The SMILES string of the molecule is CC(C)(C=C=O)CCCCCCC(C)(C)C=C=O. The van der Waals surface area contributed by atoms with Gasteiger partial charge < -0.3 is 0 Å². The molecule has 0 bridgehead atoms. The summed E-state index contributed by atoms with van der Waals surface area (Å²) >= 11 is 0. The second-order valence-electron chi connectivity index (χ2n) is 6.42. The second kappa shape index (κ2) is 8.08. The molecule has 0 rings (SSSR count). The third kappa shape index (κ3) is 8.98. The summed E-state index contributed by atoms with van der Waals surface area (Å²) in [5.74, 6) is 3.76. The summed E-state index contributed by atoms with van der Waals surface area (Å²) in [6.07, 6.45) is 9.91. The van der Waals surface area contributed by atoms with Gasteiger partial charge in [0.2, 0.25) is 0 Å². The molecule has 0 aliphatic rings. The average Bonchev–Trinajstić information content (AvgIpc) is 2.22. The Balaban J connectivity index is 3.70. The maximum Gasteiger partial charge on any atom is 0.120 e. The molecule has 18 heavy (non-hydrogen) atoms. The molecule has 0 N–H and O–H groups in total. The van der Waals surface area contributed by atoms with Crippen LogP contribution in [-0.4, -0.2) is 11.9 Å². The van der Waals surface area contributed by atoms with E-state index in [1.165, 1.54) is 12.8 Å². The van der Waals surface area contributed by atoms with Gasteiger partial charge >= 0.3 is 0 Å². The summed E-state index contributed by atoms with van der Waals surface area (Å²) in [4.78, 5) is 20.6. The largest absolute Gasteiger partial charge is 0.234 e. The van der Waals surface area contributed by atoms with E-state index in [9.17, 15) is 9.59 Å². The number of hydrogen-bond donors (Lipinski definition) is 0. The number of carbonyl (C=O) groups excluding carboxylic acids is 2. The molecule has 0 heterocycles. The van der Waals surface area contributed by atoms with E-state index in [0.29, 0.717) is 0 Å².